The second kappa shape index (κ2) is 12.8. The number of pyridine rings is 3. The van der Waals surface area contributed by atoms with Gasteiger partial charge in [0, 0.05) is 47.8 Å². The van der Waals surface area contributed by atoms with Gasteiger partial charge in [0.2, 0.25) is 0 Å². The van der Waals surface area contributed by atoms with E-state index in [0.29, 0.717) is 35.3 Å². The van der Waals surface area contributed by atoms with E-state index >= 15 is 0 Å². The van der Waals surface area contributed by atoms with Gasteiger partial charge in [-0.05, 0) is 80.8 Å². The Labute approximate surface area is 265 Å². The molecule has 0 spiro atoms. The van der Waals surface area contributed by atoms with Crippen LogP contribution in [0, 0.1) is 11.8 Å². The Bertz CT molecular complexity index is 1500. The molecule has 3 aromatic rings. The van der Waals surface area contributed by atoms with Crippen LogP contribution in [-0.4, -0.2) is 46.0 Å². The molecule has 1 amide bonds. The summed E-state index contributed by atoms with van der Waals surface area (Å²) in [5.74, 6) is 1.76. The first-order valence-electron chi connectivity index (χ1n) is 15.4. The molecule has 2 N–H and O–H groups in total. The summed E-state index contributed by atoms with van der Waals surface area (Å²) < 4.78 is 7.81. The van der Waals surface area contributed by atoms with Crippen LogP contribution >= 0.6 is 11.9 Å². The van der Waals surface area contributed by atoms with Crippen LogP contribution in [0.4, 0.5) is 11.6 Å². The van der Waals surface area contributed by atoms with Crippen LogP contribution in [-0.2, 0) is 21.4 Å². The normalized spacial score (nSPS) is 21.8. The number of ether oxygens (including phenoxy) is 1. The summed E-state index contributed by atoms with van der Waals surface area (Å²) in [5, 5.41) is 4.33. The molecule has 1 saturated heterocycles. The van der Waals surface area contributed by atoms with Gasteiger partial charge >= 0.3 is 5.97 Å². The lowest BCUT2D eigenvalue weighted by molar-refractivity contribution is -0.140. The number of anilines is 2. The van der Waals surface area contributed by atoms with Crippen LogP contribution in [0.2, 0.25) is 0 Å². The van der Waals surface area contributed by atoms with Gasteiger partial charge in [-0.25, -0.2) is 9.97 Å². The minimum absolute atomic E-state index is 0.0813. The molecule has 3 atom stereocenters. The van der Waals surface area contributed by atoms with Crippen molar-refractivity contribution in [1.82, 2.24) is 19.7 Å². The van der Waals surface area contributed by atoms with Gasteiger partial charge in [0.1, 0.15) is 16.7 Å². The molecule has 0 aliphatic carbocycles. The van der Waals surface area contributed by atoms with Crippen molar-refractivity contribution in [3.63, 3.8) is 0 Å². The van der Waals surface area contributed by atoms with Gasteiger partial charge in [0.05, 0.1) is 24.4 Å². The zero-order valence-corrected chi connectivity index (χ0v) is 27.6. The summed E-state index contributed by atoms with van der Waals surface area (Å²) in [6.45, 7) is 14.1. The van der Waals surface area contributed by atoms with E-state index in [1.54, 1.807) is 0 Å². The molecular formula is C34H44N6O3S. The van der Waals surface area contributed by atoms with Crippen LogP contribution in [0.1, 0.15) is 94.2 Å². The van der Waals surface area contributed by atoms with Crippen LogP contribution < -0.4 is 14.9 Å². The molecular weight excluding hydrogens is 572 g/mol. The third-order valence-electron chi connectivity index (χ3n) is 8.81. The lowest BCUT2D eigenvalue weighted by atomic mass is 9.83. The Hall–Kier alpha value is -3.66. The van der Waals surface area contributed by atoms with Gasteiger partial charge in [-0.3, -0.25) is 19.3 Å². The Morgan fingerprint density at radius 2 is 1.93 bits per heavy atom. The largest absolute Gasteiger partial charge is 0.469 e. The topological polar surface area (TPSA) is 109 Å². The third-order valence-corrected chi connectivity index (χ3v) is 9.53. The van der Waals surface area contributed by atoms with E-state index < -0.39 is 0 Å². The quantitative estimate of drug-likeness (QED) is 0.250. The highest BCUT2D eigenvalue weighted by atomic mass is 32.2. The molecule has 0 saturated carbocycles. The number of hydrogen-bond donors (Lipinski definition) is 2. The van der Waals surface area contributed by atoms with E-state index in [4.69, 9.17) is 19.7 Å². The second-order valence-electron chi connectivity index (χ2n) is 13.7. The molecule has 5 heterocycles. The summed E-state index contributed by atoms with van der Waals surface area (Å²) >= 11 is 1.20. The van der Waals surface area contributed by atoms with E-state index in [2.05, 4.69) is 56.5 Å². The minimum Gasteiger partial charge on any atom is -0.469 e. The minimum atomic E-state index is -0.229. The number of amides is 1. The van der Waals surface area contributed by atoms with Crippen molar-refractivity contribution < 1.29 is 14.3 Å². The number of aryl methyl sites for hydroxylation is 1. The Morgan fingerprint density at radius 3 is 2.64 bits per heavy atom. The van der Waals surface area contributed by atoms with Gasteiger partial charge in [-0.15, -0.1) is 0 Å². The lowest BCUT2D eigenvalue weighted by Crippen LogP contribution is -2.40. The van der Waals surface area contributed by atoms with Crippen molar-refractivity contribution in [2.75, 3.05) is 23.9 Å². The number of carbonyl (C=O) groups is 2. The van der Waals surface area contributed by atoms with Crippen molar-refractivity contribution in [3.8, 4) is 0 Å². The molecule has 9 nitrogen and oxygen atoms in total. The van der Waals surface area contributed by atoms with E-state index in [-0.39, 0.29) is 28.9 Å². The molecule has 234 valence electrons. The maximum absolute atomic E-state index is 13.6. The van der Waals surface area contributed by atoms with Crippen molar-refractivity contribution >= 4 is 35.5 Å². The summed E-state index contributed by atoms with van der Waals surface area (Å²) in [7, 11) is 1.41. The first-order chi connectivity index (χ1) is 20.8. The molecule has 3 aromatic heterocycles. The standard InChI is InChI=1S/C34H44N6O3S/c1-21-17-26(25-14-11-22(19-35-25)12-16-30(41)43-7)36-28-9-8-10-29(38-28)44-39-32(42)24-13-15-27(33(2,3)4)37-31(24)40-20-23(21)18-34(40,5)6/h8-11,13-15,19,21,23,26H,12,16-18,20H2,1-7H3,(H,36,38)(H,39,42). The summed E-state index contributed by atoms with van der Waals surface area (Å²) in [6, 6.07) is 13.7. The lowest BCUT2D eigenvalue weighted by Gasteiger charge is -2.34. The fraction of sp³-hybridized carbons (Fsp3) is 0.500. The second-order valence-corrected chi connectivity index (χ2v) is 14.5. The van der Waals surface area contributed by atoms with Gasteiger partial charge in [0.15, 0.2) is 0 Å². The van der Waals surface area contributed by atoms with Crippen LogP contribution in [0.25, 0.3) is 0 Å². The first-order valence-corrected chi connectivity index (χ1v) is 16.2. The predicted molar refractivity (Wildman–Crippen MR) is 175 cm³/mol. The fourth-order valence-electron chi connectivity index (χ4n) is 6.14. The van der Waals surface area contributed by atoms with Crippen LogP contribution in [0.3, 0.4) is 0 Å². The van der Waals surface area contributed by atoms with E-state index in [1.165, 1.54) is 19.1 Å². The van der Waals surface area contributed by atoms with Gasteiger partial charge in [0.25, 0.3) is 5.91 Å². The van der Waals surface area contributed by atoms with Crippen molar-refractivity contribution in [2.24, 2.45) is 11.8 Å². The molecule has 1 fully saturated rings. The number of fused-ring (bicyclic) bond motifs is 6. The molecule has 5 rings (SSSR count). The molecule has 0 radical (unpaired) electrons. The van der Waals surface area contributed by atoms with Crippen molar-refractivity contribution in [1.29, 1.82) is 0 Å². The monoisotopic (exact) mass is 616 g/mol. The molecule has 44 heavy (non-hydrogen) atoms. The number of methoxy groups -OCH3 is 1. The van der Waals surface area contributed by atoms with E-state index in [0.717, 1.165) is 48.0 Å². The van der Waals surface area contributed by atoms with E-state index in [1.807, 2.05) is 48.7 Å². The Kier molecular flexibility index (Phi) is 9.20. The zero-order valence-electron chi connectivity index (χ0n) is 26.8. The molecule has 2 aliphatic heterocycles. The number of aromatic nitrogens is 3. The van der Waals surface area contributed by atoms with Gasteiger partial charge < -0.3 is 15.0 Å². The summed E-state index contributed by atoms with van der Waals surface area (Å²) in [4.78, 5) is 42.4. The van der Waals surface area contributed by atoms with Gasteiger partial charge in [-0.2, -0.15) is 0 Å². The average molecular weight is 617 g/mol. The first kappa shape index (κ1) is 31.8. The molecule has 0 aromatic carbocycles. The third kappa shape index (κ3) is 7.17. The number of carbonyl (C=O) groups excluding carboxylic acids is 2. The maximum Gasteiger partial charge on any atom is 0.305 e. The summed E-state index contributed by atoms with van der Waals surface area (Å²) in [6.07, 6.45) is 4.59. The molecule has 10 heteroatoms. The average Bonchev–Trinajstić information content (AvgIpc) is 3.32. The molecule has 4 bridgehead atoms. The van der Waals surface area contributed by atoms with Crippen LogP contribution in [0.5, 0.6) is 0 Å². The Morgan fingerprint density at radius 1 is 1.14 bits per heavy atom. The number of nitrogens with zero attached hydrogens (tertiary/aromatic N) is 4. The highest BCUT2D eigenvalue weighted by Gasteiger charge is 2.43. The Balaban J connectivity index is 1.51. The maximum atomic E-state index is 13.6. The molecule has 2 aliphatic rings. The number of nitrogens with one attached hydrogen (secondary N) is 2. The molecule has 3 unspecified atom stereocenters. The van der Waals surface area contributed by atoms with Crippen molar-refractivity contribution in [2.45, 2.75) is 89.2 Å². The highest BCUT2D eigenvalue weighted by molar-refractivity contribution is 7.97. The van der Waals surface area contributed by atoms with E-state index in [9.17, 15) is 9.59 Å². The number of rotatable bonds is 4. The van der Waals surface area contributed by atoms with Gasteiger partial charge in [-0.1, -0.05) is 39.8 Å². The number of hydrogen-bond acceptors (Lipinski definition) is 9. The fourth-order valence-corrected chi connectivity index (χ4v) is 6.74. The summed E-state index contributed by atoms with van der Waals surface area (Å²) in [5.41, 5.74) is 3.11. The zero-order chi connectivity index (χ0) is 31.6. The van der Waals surface area contributed by atoms with Crippen LogP contribution in [0.15, 0.2) is 53.7 Å². The highest BCUT2D eigenvalue weighted by Crippen LogP contribution is 2.43. The number of esters is 1. The smallest absolute Gasteiger partial charge is 0.305 e. The predicted octanol–water partition coefficient (Wildman–Crippen LogP) is 6.51. The van der Waals surface area contributed by atoms with Crippen molar-refractivity contribution in [3.05, 3.63) is 71.2 Å². The SMILES string of the molecule is COC(=O)CCc1ccc(C2CC(C)C3CN(c4nc(C(C)(C)C)ccc4C(=O)NSc4cccc(n4)N2)C(C)(C)C3)nc1.